The first-order valence-electron chi connectivity index (χ1n) is 9.87. The zero-order valence-corrected chi connectivity index (χ0v) is 20.3. The third-order valence-electron chi connectivity index (χ3n) is 4.38. The summed E-state index contributed by atoms with van der Waals surface area (Å²) in [7, 11) is 0. The lowest BCUT2D eigenvalue weighted by atomic mass is 10.1. The summed E-state index contributed by atoms with van der Waals surface area (Å²) in [5.41, 5.74) is 7.29. The topological polar surface area (TPSA) is 111 Å². The molecule has 3 aromatic rings. The number of carbonyl (C=O) groups is 3. The van der Waals surface area contributed by atoms with E-state index in [1.54, 1.807) is 19.9 Å². The van der Waals surface area contributed by atoms with Gasteiger partial charge in [0.2, 0.25) is 11.8 Å². The van der Waals surface area contributed by atoms with E-state index in [9.17, 15) is 14.4 Å². The lowest BCUT2D eigenvalue weighted by molar-refractivity contribution is -0.117. The minimum atomic E-state index is -0.479. The van der Waals surface area contributed by atoms with Crippen molar-refractivity contribution >= 4 is 57.2 Å². The number of aromatic nitrogens is 1. The Labute approximate surface area is 198 Å². The van der Waals surface area contributed by atoms with Gasteiger partial charge >= 0.3 is 5.97 Å². The number of nitrogens with two attached hydrogens (primary N) is 1. The van der Waals surface area contributed by atoms with Gasteiger partial charge in [-0.25, -0.2) is 9.78 Å². The lowest BCUT2D eigenvalue weighted by Gasteiger charge is -2.10. The highest BCUT2D eigenvalue weighted by Gasteiger charge is 2.23. The van der Waals surface area contributed by atoms with Crippen molar-refractivity contribution in [3.8, 4) is 10.4 Å². The number of esters is 1. The van der Waals surface area contributed by atoms with Crippen LogP contribution < -0.4 is 11.1 Å². The summed E-state index contributed by atoms with van der Waals surface area (Å²) in [4.78, 5) is 42.6. The SMILES string of the molecule is CCOC(=O)c1cc(-c2ccccc2)sc1NC(=O)C(C)Sc1nc(C)c(CC(N)=O)s1. The molecular formula is C22H23N3O4S3. The Hall–Kier alpha value is -2.69. The van der Waals surface area contributed by atoms with Gasteiger partial charge in [-0.15, -0.1) is 22.7 Å². The summed E-state index contributed by atoms with van der Waals surface area (Å²) in [6.07, 6.45) is 0.130. The van der Waals surface area contributed by atoms with Crippen LogP contribution >= 0.6 is 34.4 Å². The zero-order valence-electron chi connectivity index (χ0n) is 17.8. The maximum atomic E-state index is 12.9. The number of hydrogen-bond acceptors (Lipinski definition) is 8. The molecule has 2 aromatic heterocycles. The zero-order chi connectivity index (χ0) is 23.3. The molecule has 0 spiro atoms. The van der Waals surface area contributed by atoms with Crippen molar-refractivity contribution in [1.82, 2.24) is 4.98 Å². The van der Waals surface area contributed by atoms with Crippen LogP contribution in [0.1, 0.15) is 34.8 Å². The van der Waals surface area contributed by atoms with E-state index in [1.807, 2.05) is 37.3 Å². The van der Waals surface area contributed by atoms with Crippen LogP contribution in [0.3, 0.4) is 0 Å². The number of primary amides is 1. The molecule has 0 saturated heterocycles. The Morgan fingerprint density at radius 2 is 1.94 bits per heavy atom. The van der Waals surface area contributed by atoms with Crippen molar-refractivity contribution in [3.05, 3.63) is 52.5 Å². The summed E-state index contributed by atoms with van der Waals surface area (Å²) >= 11 is 3.97. The summed E-state index contributed by atoms with van der Waals surface area (Å²) in [6, 6.07) is 11.4. The number of carbonyl (C=O) groups excluding carboxylic acids is 3. The van der Waals surface area contributed by atoms with Crippen LogP contribution in [0.15, 0.2) is 40.7 Å². The average Bonchev–Trinajstić information content (AvgIpc) is 3.31. The van der Waals surface area contributed by atoms with E-state index in [-0.39, 0.29) is 18.9 Å². The van der Waals surface area contributed by atoms with Crippen molar-refractivity contribution in [2.24, 2.45) is 5.73 Å². The summed E-state index contributed by atoms with van der Waals surface area (Å²) in [5, 5.41) is 2.85. The molecule has 0 bridgehead atoms. The highest BCUT2D eigenvalue weighted by Crippen LogP contribution is 2.37. The Kier molecular flexibility index (Phi) is 8.05. The van der Waals surface area contributed by atoms with Gasteiger partial charge in [0.05, 0.1) is 29.5 Å². The number of ether oxygens (including phenoxy) is 1. The van der Waals surface area contributed by atoms with Crippen LogP contribution in [-0.2, 0) is 20.7 Å². The number of aryl methyl sites for hydroxylation is 1. The van der Waals surface area contributed by atoms with Crippen LogP contribution in [0.4, 0.5) is 5.00 Å². The van der Waals surface area contributed by atoms with Gasteiger partial charge in [0.1, 0.15) is 5.00 Å². The number of nitrogens with zero attached hydrogens (tertiary/aromatic N) is 1. The van der Waals surface area contributed by atoms with E-state index in [1.165, 1.54) is 34.4 Å². The minimum Gasteiger partial charge on any atom is -0.462 e. The van der Waals surface area contributed by atoms with Crippen molar-refractivity contribution < 1.29 is 19.1 Å². The second kappa shape index (κ2) is 10.8. The Bertz CT molecular complexity index is 1120. The van der Waals surface area contributed by atoms with Crippen LogP contribution in [0.2, 0.25) is 0 Å². The normalized spacial score (nSPS) is 11.7. The largest absolute Gasteiger partial charge is 0.462 e. The average molecular weight is 490 g/mol. The number of benzene rings is 1. The molecule has 2 amide bonds. The monoisotopic (exact) mass is 489 g/mol. The van der Waals surface area contributed by atoms with Crippen molar-refractivity contribution in [2.75, 3.05) is 11.9 Å². The van der Waals surface area contributed by atoms with Crippen LogP contribution in [0, 0.1) is 6.92 Å². The highest BCUT2D eigenvalue weighted by molar-refractivity contribution is 8.02. The van der Waals surface area contributed by atoms with E-state index in [0.29, 0.717) is 14.9 Å². The van der Waals surface area contributed by atoms with E-state index >= 15 is 0 Å². The molecule has 0 radical (unpaired) electrons. The molecule has 1 aromatic carbocycles. The maximum Gasteiger partial charge on any atom is 0.341 e. The second-order valence-corrected chi connectivity index (χ2v) is 10.5. The highest BCUT2D eigenvalue weighted by atomic mass is 32.2. The maximum absolute atomic E-state index is 12.9. The van der Waals surface area contributed by atoms with Gasteiger partial charge in [0.25, 0.3) is 0 Å². The molecule has 32 heavy (non-hydrogen) atoms. The number of anilines is 1. The molecule has 3 rings (SSSR count). The van der Waals surface area contributed by atoms with Gasteiger partial charge in [0.15, 0.2) is 4.34 Å². The van der Waals surface area contributed by atoms with Crippen molar-refractivity contribution in [3.63, 3.8) is 0 Å². The molecule has 10 heteroatoms. The smallest absolute Gasteiger partial charge is 0.341 e. The number of thiazole rings is 1. The van der Waals surface area contributed by atoms with Gasteiger partial charge in [-0.3, -0.25) is 9.59 Å². The fraction of sp³-hybridized carbons (Fsp3) is 0.273. The predicted molar refractivity (Wildman–Crippen MR) is 129 cm³/mol. The van der Waals surface area contributed by atoms with Gasteiger partial charge in [0, 0.05) is 9.75 Å². The third kappa shape index (κ3) is 5.96. The molecule has 0 saturated carbocycles. The number of thioether (sulfide) groups is 1. The summed E-state index contributed by atoms with van der Waals surface area (Å²) in [5.74, 6) is -1.16. The lowest BCUT2D eigenvalue weighted by Crippen LogP contribution is -2.23. The molecule has 3 N–H and O–H groups in total. The predicted octanol–water partition coefficient (Wildman–Crippen LogP) is 4.50. The standard InChI is InChI=1S/C22H23N3O4S3/c1-4-29-21(28)15-10-17(14-8-6-5-7-9-14)31-20(15)25-19(27)13(3)30-22-24-12(2)16(32-22)11-18(23)26/h5-10,13H,4,11H2,1-3H3,(H2,23,26)(H,25,27). The van der Waals surface area contributed by atoms with Gasteiger partial charge in [-0.1, -0.05) is 42.1 Å². The third-order valence-corrected chi connectivity index (χ3v) is 7.83. The number of amides is 2. The van der Waals surface area contributed by atoms with Gasteiger partial charge in [-0.2, -0.15) is 0 Å². The molecule has 7 nitrogen and oxygen atoms in total. The molecule has 1 unspecified atom stereocenters. The van der Waals surface area contributed by atoms with Gasteiger partial charge < -0.3 is 15.8 Å². The fourth-order valence-corrected chi connectivity index (χ4v) is 6.22. The number of nitrogens with one attached hydrogen (secondary N) is 1. The van der Waals surface area contributed by atoms with Gasteiger partial charge in [-0.05, 0) is 32.4 Å². The number of thiophene rings is 1. The summed E-state index contributed by atoms with van der Waals surface area (Å²) < 4.78 is 5.85. The minimum absolute atomic E-state index is 0.130. The molecule has 0 fully saturated rings. The molecule has 1 atom stereocenters. The van der Waals surface area contributed by atoms with Crippen LogP contribution in [-0.4, -0.2) is 34.6 Å². The first-order chi connectivity index (χ1) is 15.3. The second-order valence-electron chi connectivity index (χ2n) is 6.82. The van der Waals surface area contributed by atoms with Crippen LogP contribution in [0.25, 0.3) is 10.4 Å². The Balaban J connectivity index is 1.77. The van der Waals surface area contributed by atoms with E-state index in [2.05, 4.69) is 10.3 Å². The molecule has 0 aliphatic carbocycles. The summed E-state index contributed by atoms with van der Waals surface area (Å²) in [6.45, 7) is 5.56. The number of rotatable bonds is 9. The Morgan fingerprint density at radius 3 is 2.59 bits per heavy atom. The van der Waals surface area contributed by atoms with Crippen LogP contribution in [0.5, 0.6) is 0 Å². The molecule has 2 heterocycles. The quantitative estimate of drug-likeness (QED) is 0.338. The van der Waals surface area contributed by atoms with E-state index in [0.717, 1.165) is 21.0 Å². The number of hydrogen-bond donors (Lipinski definition) is 2. The molecule has 168 valence electrons. The van der Waals surface area contributed by atoms with Crippen molar-refractivity contribution in [2.45, 2.75) is 36.8 Å². The van der Waals surface area contributed by atoms with E-state index in [4.69, 9.17) is 10.5 Å². The van der Waals surface area contributed by atoms with Crippen molar-refractivity contribution in [1.29, 1.82) is 0 Å². The van der Waals surface area contributed by atoms with E-state index < -0.39 is 17.1 Å². The first-order valence-corrected chi connectivity index (χ1v) is 12.4. The first kappa shape index (κ1) is 24.0. The molecule has 0 aliphatic rings. The fourth-order valence-electron chi connectivity index (χ4n) is 2.78. The molecular weight excluding hydrogens is 466 g/mol. The Morgan fingerprint density at radius 1 is 1.22 bits per heavy atom. The molecule has 0 aliphatic heterocycles.